The minimum atomic E-state index is -4.14. The first kappa shape index (κ1) is 23.4. The number of aryl methyl sites for hydroxylation is 1. The largest absolute Gasteiger partial charge is 0.340 e. The van der Waals surface area contributed by atoms with E-state index in [1.165, 1.54) is 16.8 Å². The van der Waals surface area contributed by atoms with Crippen molar-refractivity contribution < 1.29 is 13.2 Å². The van der Waals surface area contributed by atoms with Crippen molar-refractivity contribution in [1.82, 2.24) is 24.1 Å². The second-order valence-electron chi connectivity index (χ2n) is 8.65. The number of hydrogen-bond donors (Lipinski definition) is 2. The van der Waals surface area contributed by atoms with E-state index in [9.17, 15) is 22.8 Å². The van der Waals surface area contributed by atoms with Crippen LogP contribution in [0.5, 0.6) is 0 Å². The summed E-state index contributed by atoms with van der Waals surface area (Å²) in [5, 5.41) is 0. The summed E-state index contributed by atoms with van der Waals surface area (Å²) in [5.41, 5.74) is -0.474. The van der Waals surface area contributed by atoms with Gasteiger partial charge in [-0.05, 0) is 25.3 Å². The van der Waals surface area contributed by atoms with Crippen LogP contribution in [0.4, 0.5) is 0 Å². The van der Waals surface area contributed by atoms with Gasteiger partial charge in [-0.3, -0.25) is 19.5 Å². The number of rotatable bonds is 5. The third-order valence-electron chi connectivity index (χ3n) is 6.34. The molecule has 11 heteroatoms. The molecule has 178 valence electrons. The Balaban J connectivity index is 1.40. The highest BCUT2D eigenvalue weighted by Crippen LogP contribution is 2.25. The van der Waals surface area contributed by atoms with E-state index < -0.39 is 32.1 Å². The van der Waals surface area contributed by atoms with Gasteiger partial charge in [-0.2, -0.15) is 4.31 Å². The molecule has 0 saturated carbocycles. The third kappa shape index (κ3) is 5.10. The second-order valence-corrected chi connectivity index (χ2v) is 10.5. The average molecular weight is 476 g/mol. The molecule has 3 heterocycles. The van der Waals surface area contributed by atoms with Crippen LogP contribution in [0.1, 0.15) is 24.1 Å². The fourth-order valence-electron chi connectivity index (χ4n) is 4.62. The number of carbonyl (C=O) groups excluding carboxylic acids is 1. The van der Waals surface area contributed by atoms with Crippen molar-refractivity contribution in [3.05, 3.63) is 62.4 Å². The van der Waals surface area contributed by atoms with Gasteiger partial charge in [0.15, 0.2) is 4.90 Å². The molecular weight excluding hydrogens is 446 g/mol. The fourth-order valence-corrected chi connectivity index (χ4v) is 6.34. The van der Waals surface area contributed by atoms with Gasteiger partial charge in [0.05, 0.1) is 5.92 Å². The van der Waals surface area contributed by atoms with Gasteiger partial charge < -0.3 is 9.88 Å². The van der Waals surface area contributed by atoms with E-state index in [2.05, 4.69) is 22.0 Å². The molecule has 0 aliphatic carbocycles. The van der Waals surface area contributed by atoms with E-state index in [0.29, 0.717) is 25.9 Å². The standard InChI is InChI=1S/C22H29N5O5S/c1-16-19(20(28)24-22(30)23-16)33(31,32)27-9-5-8-18(15-27)21(29)26-12-10-25(11-13-26)14-17-6-3-2-4-7-17/h2-4,6-7,18H,5,8-15H2,1H3,(H2,23,24,28,30). The Morgan fingerprint density at radius 3 is 2.39 bits per heavy atom. The Labute approximate surface area is 192 Å². The smallest absolute Gasteiger partial charge is 0.325 e. The zero-order valence-corrected chi connectivity index (χ0v) is 19.4. The Hall–Kier alpha value is -2.76. The predicted octanol–water partition coefficient (Wildman–Crippen LogP) is 0.117. The minimum absolute atomic E-state index is 0.00765. The lowest BCUT2D eigenvalue weighted by atomic mass is 9.97. The molecular formula is C22H29N5O5S. The molecule has 1 atom stereocenters. The average Bonchev–Trinajstić information content (AvgIpc) is 2.79. The van der Waals surface area contributed by atoms with Crippen LogP contribution in [0, 0.1) is 12.8 Å². The number of hydrogen-bond acceptors (Lipinski definition) is 6. The molecule has 33 heavy (non-hydrogen) atoms. The first-order chi connectivity index (χ1) is 15.8. The molecule has 1 aromatic carbocycles. The highest BCUT2D eigenvalue weighted by Gasteiger charge is 2.37. The van der Waals surface area contributed by atoms with Gasteiger partial charge in [0.1, 0.15) is 0 Å². The van der Waals surface area contributed by atoms with Crippen LogP contribution < -0.4 is 11.2 Å². The van der Waals surface area contributed by atoms with Crippen LogP contribution in [0.15, 0.2) is 44.8 Å². The van der Waals surface area contributed by atoms with Gasteiger partial charge in [0.25, 0.3) is 5.56 Å². The highest BCUT2D eigenvalue weighted by molar-refractivity contribution is 7.89. The summed E-state index contributed by atoms with van der Waals surface area (Å²) in [6.07, 6.45) is 1.14. The second kappa shape index (κ2) is 9.62. The van der Waals surface area contributed by atoms with Gasteiger partial charge in [0.2, 0.25) is 15.9 Å². The maximum absolute atomic E-state index is 13.2. The first-order valence-electron chi connectivity index (χ1n) is 11.1. The fraction of sp³-hybridized carbons (Fsp3) is 0.500. The number of nitrogens with zero attached hydrogens (tertiary/aromatic N) is 3. The van der Waals surface area contributed by atoms with Crippen molar-refractivity contribution in [3.8, 4) is 0 Å². The molecule has 0 radical (unpaired) electrons. The van der Waals surface area contributed by atoms with Gasteiger partial charge >= 0.3 is 5.69 Å². The molecule has 2 aromatic rings. The molecule has 2 aliphatic heterocycles. The normalized spacial score (nSPS) is 20.6. The lowest BCUT2D eigenvalue weighted by Crippen LogP contribution is -2.53. The number of aromatic nitrogens is 2. The maximum atomic E-state index is 13.2. The van der Waals surface area contributed by atoms with E-state index in [1.54, 1.807) is 0 Å². The monoisotopic (exact) mass is 475 g/mol. The number of nitrogens with one attached hydrogen (secondary N) is 2. The van der Waals surface area contributed by atoms with Crippen LogP contribution in [-0.2, 0) is 21.4 Å². The number of piperidine rings is 1. The Morgan fingerprint density at radius 1 is 1.03 bits per heavy atom. The molecule has 1 amide bonds. The van der Waals surface area contributed by atoms with Crippen molar-refractivity contribution in [1.29, 1.82) is 0 Å². The summed E-state index contributed by atoms with van der Waals surface area (Å²) in [4.78, 5) is 44.8. The molecule has 2 aliphatic rings. The zero-order chi connectivity index (χ0) is 23.6. The summed E-state index contributed by atoms with van der Waals surface area (Å²) in [6.45, 7) is 5.22. The number of carbonyl (C=O) groups is 1. The van der Waals surface area contributed by atoms with Crippen molar-refractivity contribution in [2.24, 2.45) is 5.92 Å². The van der Waals surface area contributed by atoms with Gasteiger partial charge in [0, 0.05) is 51.5 Å². The van der Waals surface area contributed by atoms with E-state index in [1.807, 2.05) is 28.1 Å². The molecule has 10 nitrogen and oxygen atoms in total. The quantitative estimate of drug-likeness (QED) is 0.632. The SMILES string of the molecule is Cc1[nH]c(=O)[nH]c(=O)c1S(=O)(=O)N1CCCC(C(=O)N2CCN(Cc3ccccc3)CC2)C1. The minimum Gasteiger partial charge on any atom is -0.340 e. The molecule has 2 saturated heterocycles. The van der Waals surface area contributed by atoms with E-state index in [-0.39, 0.29) is 24.7 Å². The van der Waals surface area contributed by atoms with Gasteiger partial charge in [-0.15, -0.1) is 0 Å². The summed E-state index contributed by atoms with van der Waals surface area (Å²) in [7, 11) is -4.14. The summed E-state index contributed by atoms with van der Waals surface area (Å²) in [5.74, 6) is -0.488. The highest BCUT2D eigenvalue weighted by atomic mass is 32.2. The zero-order valence-electron chi connectivity index (χ0n) is 18.6. The summed E-state index contributed by atoms with van der Waals surface area (Å²) in [6, 6.07) is 10.2. The lowest BCUT2D eigenvalue weighted by molar-refractivity contribution is -0.138. The van der Waals surface area contributed by atoms with Crippen molar-refractivity contribution in [3.63, 3.8) is 0 Å². The number of benzene rings is 1. The predicted molar refractivity (Wildman–Crippen MR) is 122 cm³/mol. The molecule has 2 N–H and O–H groups in total. The van der Waals surface area contributed by atoms with Gasteiger partial charge in [-0.1, -0.05) is 30.3 Å². The lowest BCUT2D eigenvalue weighted by Gasteiger charge is -2.38. The maximum Gasteiger partial charge on any atom is 0.325 e. The molecule has 1 aromatic heterocycles. The molecule has 2 fully saturated rings. The molecule has 1 unspecified atom stereocenters. The van der Waals surface area contributed by atoms with Crippen LogP contribution >= 0.6 is 0 Å². The summed E-state index contributed by atoms with van der Waals surface area (Å²) >= 11 is 0. The van der Waals surface area contributed by atoms with Crippen molar-refractivity contribution in [2.75, 3.05) is 39.3 Å². The van der Waals surface area contributed by atoms with Crippen LogP contribution in [-0.4, -0.2) is 77.7 Å². The van der Waals surface area contributed by atoms with E-state index in [0.717, 1.165) is 19.6 Å². The Morgan fingerprint density at radius 2 is 1.73 bits per heavy atom. The van der Waals surface area contributed by atoms with Gasteiger partial charge in [-0.25, -0.2) is 13.2 Å². The van der Waals surface area contributed by atoms with Crippen molar-refractivity contribution >= 4 is 15.9 Å². The van der Waals surface area contributed by atoms with Crippen molar-refractivity contribution in [2.45, 2.75) is 31.2 Å². The van der Waals surface area contributed by atoms with Crippen LogP contribution in [0.25, 0.3) is 0 Å². The third-order valence-corrected chi connectivity index (χ3v) is 8.36. The molecule has 0 spiro atoms. The van der Waals surface area contributed by atoms with E-state index in [4.69, 9.17) is 0 Å². The number of aromatic amines is 2. The number of H-pyrrole nitrogens is 2. The first-order valence-corrected chi connectivity index (χ1v) is 12.6. The Bertz CT molecular complexity index is 1220. The Kier molecular flexibility index (Phi) is 6.82. The summed E-state index contributed by atoms with van der Waals surface area (Å²) < 4.78 is 27.5. The molecule has 4 rings (SSSR count). The van der Waals surface area contributed by atoms with Crippen LogP contribution in [0.2, 0.25) is 0 Å². The number of amides is 1. The number of piperazine rings is 1. The topological polar surface area (TPSA) is 127 Å². The van der Waals surface area contributed by atoms with E-state index >= 15 is 0 Å². The molecule has 0 bridgehead atoms. The van der Waals surface area contributed by atoms with Crippen LogP contribution in [0.3, 0.4) is 0 Å². The number of sulfonamides is 1.